The summed E-state index contributed by atoms with van der Waals surface area (Å²) in [5.41, 5.74) is 6.03. The molecule has 0 unspecified atom stereocenters. The van der Waals surface area contributed by atoms with Crippen LogP contribution < -0.4 is 20.1 Å². The van der Waals surface area contributed by atoms with Gasteiger partial charge in [-0.15, -0.1) is 0 Å². The van der Waals surface area contributed by atoms with Crippen LogP contribution in [0.3, 0.4) is 0 Å². The van der Waals surface area contributed by atoms with Crippen LogP contribution in [0.2, 0.25) is 0 Å². The summed E-state index contributed by atoms with van der Waals surface area (Å²) in [6.07, 6.45) is 3.20. The van der Waals surface area contributed by atoms with Gasteiger partial charge in [-0.25, -0.2) is 4.98 Å². The van der Waals surface area contributed by atoms with E-state index < -0.39 is 16.6 Å². The van der Waals surface area contributed by atoms with Gasteiger partial charge in [0.15, 0.2) is 0 Å². The van der Waals surface area contributed by atoms with Crippen LogP contribution >= 0.6 is 0 Å². The largest absolute Gasteiger partial charge is 0.476 e. The van der Waals surface area contributed by atoms with Crippen LogP contribution in [-0.4, -0.2) is 77.7 Å². The molecule has 35 heavy (non-hydrogen) atoms. The zero-order valence-corrected chi connectivity index (χ0v) is 20.6. The fourth-order valence-corrected chi connectivity index (χ4v) is 2.92. The standard InChI is InChI=1S/C22H33N7O6/c1-5-7-11-35-22-25-20(23)19(29(31)32)21(26-22)28(15-18(30)33-6-2)14-16-8-9-17(24-13-16)34-12-10-27(3)4/h8-9,13H,5-7,10-12,14-15H2,1-4H3,(H2,23,25,26). The first kappa shape index (κ1) is 27.5. The number of anilines is 2. The molecule has 2 rings (SSSR count). The number of aromatic nitrogens is 3. The van der Waals surface area contributed by atoms with Crippen LogP contribution in [0.15, 0.2) is 18.3 Å². The molecule has 2 N–H and O–H groups in total. The summed E-state index contributed by atoms with van der Waals surface area (Å²) in [6, 6.07) is 3.34. The van der Waals surface area contributed by atoms with Gasteiger partial charge in [-0.2, -0.15) is 9.97 Å². The molecule has 0 saturated carbocycles. The van der Waals surface area contributed by atoms with Crippen molar-refractivity contribution in [2.24, 2.45) is 0 Å². The molecule has 13 nitrogen and oxygen atoms in total. The van der Waals surface area contributed by atoms with Crippen molar-refractivity contribution in [1.82, 2.24) is 19.9 Å². The van der Waals surface area contributed by atoms with Crippen LogP contribution in [0.1, 0.15) is 32.3 Å². The molecule has 13 heteroatoms. The molecule has 0 amide bonds. The maximum atomic E-state index is 12.3. The molecule has 0 fully saturated rings. The first-order chi connectivity index (χ1) is 16.7. The summed E-state index contributed by atoms with van der Waals surface area (Å²) in [4.78, 5) is 39.2. The number of unbranched alkanes of at least 4 members (excludes halogenated alkanes) is 1. The number of hydrogen-bond acceptors (Lipinski definition) is 12. The Bertz CT molecular complexity index is 972. The zero-order valence-electron chi connectivity index (χ0n) is 20.6. The van der Waals surface area contributed by atoms with Crippen molar-refractivity contribution in [2.45, 2.75) is 33.2 Å². The molecule has 2 aromatic heterocycles. The van der Waals surface area contributed by atoms with E-state index in [4.69, 9.17) is 19.9 Å². The second-order valence-electron chi connectivity index (χ2n) is 7.84. The number of pyridine rings is 1. The predicted molar refractivity (Wildman–Crippen MR) is 129 cm³/mol. The first-order valence-electron chi connectivity index (χ1n) is 11.3. The Labute approximate surface area is 204 Å². The third kappa shape index (κ3) is 8.85. The average molecular weight is 492 g/mol. The number of nitrogen functional groups attached to an aromatic ring is 1. The van der Waals surface area contributed by atoms with Gasteiger partial charge in [-0.3, -0.25) is 14.9 Å². The molecule has 0 aliphatic rings. The van der Waals surface area contributed by atoms with E-state index in [1.165, 1.54) is 4.90 Å². The van der Waals surface area contributed by atoms with Crippen molar-refractivity contribution in [2.75, 3.05) is 57.6 Å². The lowest BCUT2D eigenvalue weighted by molar-refractivity contribution is -0.383. The van der Waals surface area contributed by atoms with E-state index in [2.05, 4.69) is 15.0 Å². The molecule has 0 aromatic carbocycles. The SMILES string of the molecule is CCCCOc1nc(N)c([N+](=O)[O-])c(N(CC(=O)OCC)Cc2ccc(OCCN(C)C)nc2)n1. The summed E-state index contributed by atoms with van der Waals surface area (Å²) in [7, 11) is 3.88. The molecule has 0 spiro atoms. The predicted octanol–water partition coefficient (Wildman–Crippen LogP) is 2.05. The lowest BCUT2D eigenvalue weighted by Gasteiger charge is -2.23. The van der Waals surface area contributed by atoms with Crippen LogP contribution in [0.4, 0.5) is 17.3 Å². The third-order valence-corrected chi connectivity index (χ3v) is 4.67. The van der Waals surface area contributed by atoms with Gasteiger partial charge in [-0.1, -0.05) is 19.4 Å². The molecule has 0 bridgehead atoms. The van der Waals surface area contributed by atoms with Gasteiger partial charge in [0.2, 0.25) is 17.5 Å². The highest BCUT2D eigenvalue weighted by Gasteiger charge is 2.29. The maximum absolute atomic E-state index is 12.3. The quantitative estimate of drug-likeness (QED) is 0.167. The Kier molecular flexibility index (Phi) is 10.9. The highest BCUT2D eigenvalue weighted by atomic mass is 16.6. The number of nitro groups is 1. The molecular formula is C22H33N7O6. The molecule has 0 atom stereocenters. The van der Waals surface area contributed by atoms with Crippen molar-refractivity contribution in [3.8, 4) is 11.9 Å². The molecular weight excluding hydrogens is 458 g/mol. The highest BCUT2D eigenvalue weighted by Crippen LogP contribution is 2.33. The number of carbonyl (C=O) groups excluding carboxylic acids is 1. The van der Waals surface area contributed by atoms with Crippen LogP contribution in [0, 0.1) is 10.1 Å². The van der Waals surface area contributed by atoms with Crippen LogP contribution in [-0.2, 0) is 16.1 Å². The number of nitrogens with two attached hydrogens (primary N) is 1. The molecule has 0 radical (unpaired) electrons. The summed E-state index contributed by atoms with van der Waals surface area (Å²) >= 11 is 0. The smallest absolute Gasteiger partial charge is 0.353 e. The number of carbonyl (C=O) groups is 1. The van der Waals surface area contributed by atoms with Gasteiger partial charge in [-0.05, 0) is 33.0 Å². The van der Waals surface area contributed by atoms with Crippen molar-refractivity contribution < 1.29 is 23.9 Å². The van der Waals surface area contributed by atoms with E-state index in [-0.39, 0.29) is 37.3 Å². The van der Waals surface area contributed by atoms with E-state index in [1.807, 2.05) is 25.9 Å². The van der Waals surface area contributed by atoms with Crippen LogP contribution in [0.5, 0.6) is 11.9 Å². The topological polar surface area (TPSA) is 159 Å². The summed E-state index contributed by atoms with van der Waals surface area (Å²) in [5.74, 6) is -0.642. The zero-order chi connectivity index (χ0) is 25.8. The summed E-state index contributed by atoms with van der Waals surface area (Å²) in [6.45, 7) is 5.12. The van der Waals surface area contributed by atoms with E-state index in [1.54, 1.807) is 25.3 Å². The number of likely N-dealkylation sites (N-methyl/N-ethyl adjacent to an activating group) is 1. The van der Waals surface area contributed by atoms with Crippen molar-refractivity contribution >= 4 is 23.3 Å². The van der Waals surface area contributed by atoms with E-state index >= 15 is 0 Å². The molecule has 0 aliphatic carbocycles. The Hall–Kier alpha value is -3.74. The highest BCUT2D eigenvalue weighted by molar-refractivity contribution is 5.78. The lowest BCUT2D eigenvalue weighted by atomic mass is 10.2. The first-order valence-corrected chi connectivity index (χ1v) is 11.3. The monoisotopic (exact) mass is 491 g/mol. The molecule has 2 aromatic rings. The van der Waals surface area contributed by atoms with Gasteiger partial charge in [0, 0.05) is 25.4 Å². The Balaban J connectivity index is 2.35. The minimum absolute atomic E-state index is 0.0650. The number of rotatable bonds is 15. The van der Waals surface area contributed by atoms with Gasteiger partial charge in [0.1, 0.15) is 13.2 Å². The normalized spacial score (nSPS) is 10.8. The number of nitrogens with zero attached hydrogens (tertiary/aromatic N) is 6. The van der Waals surface area contributed by atoms with Crippen molar-refractivity contribution in [3.05, 3.63) is 34.0 Å². The second kappa shape index (κ2) is 13.8. The Morgan fingerprint density at radius 3 is 2.54 bits per heavy atom. The van der Waals surface area contributed by atoms with Crippen molar-refractivity contribution in [1.29, 1.82) is 0 Å². The number of hydrogen-bond donors (Lipinski definition) is 1. The van der Waals surface area contributed by atoms with Gasteiger partial charge >= 0.3 is 17.7 Å². The van der Waals surface area contributed by atoms with Gasteiger partial charge < -0.3 is 29.7 Å². The maximum Gasteiger partial charge on any atom is 0.353 e. The average Bonchev–Trinajstić information content (AvgIpc) is 2.79. The van der Waals surface area contributed by atoms with Gasteiger partial charge in [0.25, 0.3) is 0 Å². The minimum Gasteiger partial charge on any atom is -0.476 e. The molecule has 192 valence electrons. The van der Waals surface area contributed by atoms with E-state index in [0.29, 0.717) is 24.7 Å². The molecule has 0 aliphatic heterocycles. The second-order valence-corrected chi connectivity index (χ2v) is 7.84. The van der Waals surface area contributed by atoms with Crippen LogP contribution in [0.25, 0.3) is 0 Å². The van der Waals surface area contributed by atoms with Crippen molar-refractivity contribution in [3.63, 3.8) is 0 Å². The molecule has 0 saturated heterocycles. The fourth-order valence-electron chi connectivity index (χ4n) is 2.92. The Morgan fingerprint density at radius 1 is 1.17 bits per heavy atom. The summed E-state index contributed by atoms with van der Waals surface area (Å²) < 4.78 is 16.2. The molecule has 2 heterocycles. The third-order valence-electron chi connectivity index (χ3n) is 4.67. The minimum atomic E-state index is -0.682. The lowest BCUT2D eigenvalue weighted by Crippen LogP contribution is -2.32. The Morgan fingerprint density at radius 2 is 1.94 bits per heavy atom. The van der Waals surface area contributed by atoms with E-state index in [0.717, 1.165) is 19.4 Å². The van der Waals surface area contributed by atoms with Gasteiger partial charge in [0.05, 0.1) is 18.1 Å². The number of esters is 1. The number of ether oxygens (including phenoxy) is 3. The summed E-state index contributed by atoms with van der Waals surface area (Å²) in [5, 5.41) is 11.8. The van der Waals surface area contributed by atoms with E-state index in [9.17, 15) is 14.9 Å². The fraction of sp³-hybridized carbons (Fsp3) is 0.545.